The molecular weight excluding hydrogens is 582 g/mol. The third-order valence-electron chi connectivity index (χ3n) is 7.18. The van der Waals surface area contributed by atoms with Crippen molar-refractivity contribution in [2.75, 3.05) is 41.0 Å². The van der Waals surface area contributed by atoms with Gasteiger partial charge in [0.1, 0.15) is 6.61 Å². The summed E-state index contributed by atoms with van der Waals surface area (Å²) in [5, 5.41) is 9.53. The Morgan fingerprint density at radius 2 is 1.22 bits per heavy atom. The highest BCUT2D eigenvalue weighted by Crippen LogP contribution is 2.11. The standard InChI is InChI=1S/C38H63NO7/c1-6-8-10-12-13-14-15-16-17-18-19-20-21-22-23-25-27-29-37(41)46-34(33-45-36(40)28-26-24-11-9-7-2)32-44-31-30-35(38(42)43)39(3,4)5/h8,10,13-14,16-17,19-20,22-23,34-35H,6-7,9,11-12,15,18,21,24-33H2,1-5H3/p+1/b10-8-,14-13-,17-16-,20-19-,23-22-. The number of ether oxygens (including phenoxy) is 3. The third kappa shape index (κ3) is 27.3. The van der Waals surface area contributed by atoms with Crippen molar-refractivity contribution >= 4 is 17.9 Å². The molecule has 1 N–H and O–H groups in total. The Morgan fingerprint density at radius 1 is 0.674 bits per heavy atom. The maximum atomic E-state index is 12.5. The zero-order valence-corrected chi connectivity index (χ0v) is 29.5. The van der Waals surface area contributed by atoms with Crippen molar-refractivity contribution in [1.82, 2.24) is 0 Å². The molecule has 0 bridgehead atoms. The molecule has 0 fully saturated rings. The molecule has 8 heteroatoms. The van der Waals surface area contributed by atoms with Gasteiger partial charge in [-0.2, -0.15) is 0 Å². The summed E-state index contributed by atoms with van der Waals surface area (Å²) in [6.45, 7) is 4.43. The van der Waals surface area contributed by atoms with E-state index in [2.05, 4.69) is 74.6 Å². The van der Waals surface area contributed by atoms with E-state index in [0.717, 1.165) is 70.6 Å². The van der Waals surface area contributed by atoms with Crippen LogP contribution in [0.4, 0.5) is 0 Å². The lowest BCUT2D eigenvalue weighted by Crippen LogP contribution is -2.50. The largest absolute Gasteiger partial charge is 0.477 e. The lowest BCUT2D eigenvalue weighted by atomic mass is 10.1. The minimum absolute atomic E-state index is 0.0355. The van der Waals surface area contributed by atoms with Crippen LogP contribution in [0.1, 0.15) is 110 Å². The van der Waals surface area contributed by atoms with Crippen LogP contribution in [-0.2, 0) is 28.6 Å². The molecule has 0 spiro atoms. The number of likely N-dealkylation sites (N-methyl/N-ethyl adjacent to an activating group) is 1. The fourth-order valence-electron chi connectivity index (χ4n) is 4.48. The molecule has 0 aliphatic heterocycles. The van der Waals surface area contributed by atoms with Gasteiger partial charge in [-0.15, -0.1) is 0 Å². The average Bonchev–Trinajstić information content (AvgIpc) is 3.00. The average molecular weight is 647 g/mol. The lowest BCUT2D eigenvalue weighted by Gasteiger charge is -2.31. The Hall–Kier alpha value is -2.97. The normalized spacial score (nSPS) is 13.8. The Balaban J connectivity index is 4.50. The number of esters is 2. The maximum absolute atomic E-state index is 12.5. The van der Waals surface area contributed by atoms with Gasteiger partial charge in [-0.25, -0.2) is 4.79 Å². The second-order valence-electron chi connectivity index (χ2n) is 12.4. The van der Waals surface area contributed by atoms with E-state index >= 15 is 0 Å². The number of carbonyl (C=O) groups excluding carboxylic acids is 2. The van der Waals surface area contributed by atoms with E-state index in [9.17, 15) is 19.5 Å². The molecule has 2 atom stereocenters. The number of hydrogen-bond donors (Lipinski definition) is 1. The first-order valence-corrected chi connectivity index (χ1v) is 17.3. The van der Waals surface area contributed by atoms with Crippen LogP contribution in [0.5, 0.6) is 0 Å². The molecule has 0 aromatic heterocycles. The van der Waals surface area contributed by atoms with E-state index in [1.807, 2.05) is 21.1 Å². The highest BCUT2D eigenvalue weighted by molar-refractivity contribution is 5.72. The molecule has 0 aliphatic carbocycles. The van der Waals surface area contributed by atoms with Crippen LogP contribution < -0.4 is 0 Å². The molecular formula is C38H64NO7+. The minimum Gasteiger partial charge on any atom is -0.477 e. The molecule has 8 nitrogen and oxygen atoms in total. The second kappa shape index (κ2) is 29.4. The van der Waals surface area contributed by atoms with E-state index in [4.69, 9.17) is 14.2 Å². The van der Waals surface area contributed by atoms with Gasteiger partial charge in [0.05, 0.1) is 34.4 Å². The molecule has 0 saturated carbocycles. The SMILES string of the molecule is CC/C=C\C/C=C\C/C=C\C/C=C\C/C=C\CCCC(=O)OC(COCCC(C(=O)O)[N+](C)(C)C)COC(=O)CCCCCCC. The predicted octanol–water partition coefficient (Wildman–Crippen LogP) is 8.29. The molecule has 0 heterocycles. The van der Waals surface area contributed by atoms with E-state index in [0.29, 0.717) is 19.3 Å². The fraction of sp³-hybridized carbons (Fsp3) is 0.658. The Bertz CT molecular complexity index is 943. The minimum atomic E-state index is -0.889. The molecule has 2 unspecified atom stereocenters. The van der Waals surface area contributed by atoms with Gasteiger partial charge >= 0.3 is 17.9 Å². The predicted molar refractivity (Wildman–Crippen MR) is 187 cm³/mol. The summed E-state index contributed by atoms with van der Waals surface area (Å²) >= 11 is 0. The quantitative estimate of drug-likeness (QED) is 0.0378. The Labute approximate surface area is 279 Å². The molecule has 0 aliphatic rings. The van der Waals surface area contributed by atoms with E-state index in [1.54, 1.807) is 0 Å². The first-order chi connectivity index (χ1) is 22.1. The lowest BCUT2D eigenvalue weighted by molar-refractivity contribution is -0.887. The van der Waals surface area contributed by atoms with E-state index < -0.39 is 18.1 Å². The van der Waals surface area contributed by atoms with Gasteiger partial charge in [0.25, 0.3) is 0 Å². The van der Waals surface area contributed by atoms with Crippen LogP contribution in [0.3, 0.4) is 0 Å². The third-order valence-corrected chi connectivity index (χ3v) is 7.18. The number of quaternary nitrogens is 1. The van der Waals surface area contributed by atoms with Crippen LogP contribution in [-0.4, -0.2) is 80.6 Å². The number of nitrogens with zero attached hydrogens (tertiary/aromatic N) is 1. The van der Waals surface area contributed by atoms with Gasteiger partial charge in [0, 0.05) is 19.3 Å². The first-order valence-electron chi connectivity index (χ1n) is 17.3. The number of hydrogen-bond acceptors (Lipinski definition) is 6. The van der Waals surface area contributed by atoms with Gasteiger partial charge in [0.2, 0.25) is 0 Å². The number of carboxylic acids is 1. The monoisotopic (exact) mass is 646 g/mol. The number of unbranched alkanes of at least 4 members (excludes halogenated alkanes) is 5. The summed E-state index contributed by atoms with van der Waals surface area (Å²) in [6, 6.07) is -0.623. The highest BCUT2D eigenvalue weighted by Gasteiger charge is 2.31. The van der Waals surface area contributed by atoms with Crippen molar-refractivity contribution in [3.63, 3.8) is 0 Å². The smallest absolute Gasteiger partial charge is 0.362 e. The molecule has 0 rings (SSSR count). The van der Waals surface area contributed by atoms with Crippen molar-refractivity contribution in [1.29, 1.82) is 0 Å². The van der Waals surface area contributed by atoms with Crippen LogP contribution in [0, 0.1) is 0 Å². The second-order valence-corrected chi connectivity index (χ2v) is 12.4. The Morgan fingerprint density at radius 3 is 1.76 bits per heavy atom. The summed E-state index contributed by atoms with van der Waals surface area (Å²) in [4.78, 5) is 36.4. The van der Waals surface area contributed by atoms with Crippen LogP contribution >= 0.6 is 0 Å². The topological polar surface area (TPSA) is 99.1 Å². The summed E-state index contributed by atoms with van der Waals surface area (Å²) < 4.78 is 17.0. The zero-order valence-electron chi connectivity index (χ0n) is 29.5. The molecule has 0 amide bonds. The van der Waals surface area contributed by atoms with Crippen molar-refractivity contribution in [3.8, 4) is 0 Å². The van der Waals surface area contributed by atoms with Crippen LogP contribution in [0.15, 0.2) is 60.8 Å². The molecule has 262 valence electrons. The van der Waals surface area contributed by atoms with E-state index in [-0.39, 0.29) is 42.7 Å². The zero-order chi connectivity index (χ0) is 34.3. The maximum Gasteiger partial charge on any atom is 0.362 e. The number of carboxylic acid groups (broad SMARTS) is 1. The summed E-state index contributed by atoms with van der Waals surface area (Å²) in [7, 11) is 5.47. The molecule has 46 heavy (non-hydrogen) atoms. The molecule has 0 saturated heterocycles. The van der Waals surface area contributed by atoms with E-state index in [1.165, 1.54) is 0 Å². The number of carbonyl (C=O) groups is 3. The summed E-state index contributed by atoms with van der Waals surface area (Å²) in [5.74, 6) is -1.57. The fourth-order valence-corrected chi connectivity index (χ4v) is 4.48. The van der Waals surface area contributed by atoms with Gasteiger partial charge in [-0.05, 0) is 51.4 Å². The Kier molecular flexibility index (Phi) is 27.5. The van der Waals surface area contributed by atoms with Crippen molar-refractivity contribution < 1.29 is 38.2 Å². The number of rotatable bonds is 29. The molecule has 0 radical (unpaired) electrons. The van der Waals surface area contributed by atoms with Crippen molar-refractivity contribution in [3.05, 3.63) is 60.8 Å². The van der Waals surface area contributed by atoms with Crippen molar-refractivity contribution in [2.24, 2.45) is 0 Å². The van der Waals surface area contributed by atoms with Gasteiger partial charge in [-0.3, -0.25) is 9.59 Å². The number of aliphatic carboxylic acids is 1. The summed E-state index contributed by atoms with van der Waals surface area (Å²) in [6.07, 6.45) is 33.1. The molecule has 0 aromatic rings. The number of allylic oxidation sites excluding steroid dienone is 10. The highest BCUT2D eigenvalue weighted by atomic mass is 16.6. The van der Waals surface area contributed by atoms with Gasteiger partial charge in [0.15, 0.2) is 12.1 Å². The molecule has 0 aromatic carbocycles. The van der Waals surface area contributed by atoms with Gasteiger partial charge in [-0.1, -0.05) is 100 Å². The summed E-state index contributed by atoms with van der Waals surface area (Å²) in [5.41, 5.74) is 0. The van der Waals surface area contributed by atoms with Crippen molar-refractivity contribution in [2.45, 2.75) is 122 Å². The first kappa shape index (κ1) is 43.0. The van der Waals surface area contributed by atoms with Gasteiger partial charge < -0.3 is 23.8 Å². The van der Waals surface area contributed by atoms with Crippen LogP contribution in [0.25, 0.3) is 0 Å². The van der Waals surface area contributed by atoms with Crippen LogP contribution in [0.2, 0.25) is 0 Å².